The monoisotopic (exact) mass is 671 g/mol. The van der Waals surface area contributed by atoms with Gasteiger partial charge in [-0.3, -0.25) is 9.59 Å². The Morgan fingerprint density at radius 2 is 1.73 bits per heavy atom. The third kappa shape index (κ3) is 7.01. The topological polar surface area (TPSA) is 131 Å². The molecule has 0 aromatic heterocycles. The molecule has 4 aliphatic rings. The average molecular weight is 672 g/mol. The lowest BCUT2D eigenvalue weighted by Crippen LogP contribution is -2.63. The smallest absolute Gasteiger partial charge is 0.408 e. The first-order valence-corrected chi connectivity index (χ1v) is 17.9. The second kappa shape index (κ2) is 13.6. The molecule has 3 N–H and O–H groups in total. The zero-order chi connectivity index (χ0) is 36.1. The standard InChI is InChI=1S/C39H61NO8/c1-21(2)22(3)13-14-23(4)26-16-17-27-25-15-18-29-37(9,10)33(44)28(47-30(42)20-40-35(45)48-36(6,7)8)19-38(29,11)31(25)32(43)34(39(26,27)12)46-24(5)41/h17,21,23,26,28-29,32-34,43-44H,3,13-16,18-20H2,1-2,4-12H3,(H,40,45)/t23-,26-,28-,29?,32-,33+,34+,38?,39?/m1/s1. The zero-order valence-electron chi connectivity index (χ0n) is 31.2. The summed E-state index contributed by atoms with van der Waals surface area (Å²) >= 11 is 0. The summed E-state index contributed by atoms with van der Waals surface area (Å²) in [5.74, 6) is -0.262. The SMILES string of the molecule is C=C(CC[C@@H](C)[C@H]1CC=C2C3=C([C@@H](O)[C@H](OC(C)=O)C21C)C1(C)C[C@@H](OC(=O)CNC(=O)OC(C)(C)C)[C@H](O)C(C)(C)C1CC3)C(C)C. The molecule has 0 aromatic rings. The van der Waals surface area contributed by atoms with E-state index in [1.807, 2.05) is 13.8 Å². The molecule has 1 saturated carbocycles. The first kappa shape index (κ1) is 38.2. The Kier molecular flexibility index (Phi) is 10.8. The van der Waals surface area contributed by atoms with Gasteiger partial charge in [0, 0.05) is 12.3 Å². The molecule has 0 heterocycles. The Hall–Kier alpha value is -2.65. The predicted octanol–water partition coefficient (Wildman–Crippen LogP) is 6.81. The second-order valence-corrected chi connectivity index (χ2v) is 17.3. The molecule has 1 fully saturated rings. The van der Waals surface area contributed by atoms with Gasteiger partial charge in [0.1, 0.15) is 30.5 Å². The minimum atomic E-state index is -1.06. The van der Waals surface area contributed by atoms with Gasteiger partial charge in [0.25, 0.3) is 0 Å². The molecule has 3 unspecified atom stereocenters. The van der Waals surface area contributed by atoms with Crippen LogP contribution in [0.3, 0.4) is 0 Å². The molecular formula is C39H61NO8. The molecule has 0 radical (unpaired) electrons. The van der Waals surface area contributed by atoms with Crippen molar-refractivity contribution in [3.63, 3.8) is 0 Å². The van der Waals surface area contributed by atoms with Crippen molar-refractivity contribution in [3.05, 3.63) is 34.9 Å². The van der Waals surface area contributed by atoms with Crippen molar-refractivity contribution in [2.45, 2.75) is 145 Å². The van der Waals surface area contributed by atoms with E-state index in [4.69, 9.17) is 14.2 Å². The summed E-state index contributed by atoms with van der Waals surface area (Å²) in [5.41, 5.74) is 1.71. The molecule has 0 saturated heterocycles. The summed E-state index contributed by atoms with van der Waals surface area (Å²) in [7, 11) is 0. The number of aliphatic hydroxyl groups excluding tert-OH is 2. The van der Waals surface area contributed by atoms with E-state index in [-0.39, 0.29) is 18.3 Å². The van der Waals surface area contributed by atoms with Gasteiger partial charge in [0.05, 0.1) is 6.10 Å². The van der Waals surface area contributed by atoms with Crippen LogP contribution >= 0.6 is 0 Å². The van der Waals surface area contributed by atoms with Crippen molar-refractivity contribution < 1.29 is 38.8 Å². The highest BCUT2D eigenvalue weighted by Gasteiger charge is 2.65. The molecule has 9 heteroatoms. The number of rotatable bonds is 9. The number of allylic oxidation sites excluding steroid dienone is 3. The predicted molar refractivity (Wildman–Crippen MR) is 185 cm³/mol. The van der Waals surface area contributed by atoms with Crippen LogP contribution in [0.2, 0.25) is 0 Å². The molecule has 0 spiro atoms. The van der Waals surface area contributed by atoms with E-state index in [0.717, 1.165) is 48.8 Å². The van der Waals surface area contributed by atoms with Crippen LogP contribution in [0.15, 0.2) is 34.9 Å². The van der Waals surface area contributed by atoms with Crippen molar-refractivity contribution in [1.29, 1.82) is 0 Å². The molecule has 0 aromatic carbocycles. The number of fused-ring (bicyclic) bond motifs is 4. The highest BCUT2D eigenvalue weighted by Crippen LogP contribution is 2.67. The Morgan fingerprint density at radius 1 is 1.08 bits per heavy atom. The fourth-order valence-electron chi connectivity index (χ4n) is 9.80. The van der Waals surface area contributed by atoms with Gasteiger partial charge in [-0.05, 0) is 111 Å². The number of ether oxygens (including phenoxy) is 3. The molecule has 48 heavy (non-hydrogen) atoms. The van der Waals surface area contributed by atoms with Gasteiger partial charge in [0.2, 0.25) is 0 Å². The minimum absolute atomic E-state index is 0.0376. The third-order valence-corrected chi connectivity index (χ3v) is 12.2. The fraction of sp³-hybridized carbons (Fsp3) is 0.769. The van der Waals surface area contributed by atoms with Crippen molar-refractivity contribution in [1.82, 2.24) is 5.32 Å². The lowest BCUT2D eigenvalue weighted by Gasteiger charge is -2.62. The van der Waals surface area contributed by atoms with Crippen molar-refractivity contribution in [3.8, 4) is 0 Å². The number of amides is 1. The maximum absolute atomic E-state index is 13.0. The van der Waals surface area contributed by atoms with Gasteiger partial charge in [0.15, 0.2) is 0 Å². The zero-order valence-corrected chi connectivity index (χ0v) is 31.2. The minimum Gasteiger partial charge on any atom is -0.458 e. The van der Waals surface area contributed by atoms with Gasteiger partial charge in [-0.25, -0.2) is 4.79 Å². The molecule has 0 aliphatic heterocycles. The average Bonchev–Trinajstić information content (AvgIpc) is 3.32. The molecule has 9 atom stereocenters. The Labute approximate surface area is 287 Å². The molecule has 4 rings (SSSR count). The Bertz CT molecular complexity index is 1350. The third-order valence-electron chi connectivity index (χ3n) is 12.2. The largest absolute Gasteiger partial charge is 0.458 e. The summed E-state index contributed by atoms with van der Waals surface area (Å²) in [5, 5.41) is 26.5. The van der Waals surface area contributed by atoms with Crippen LogP contribution in [0.4, 0.5) is 4.79 Å². The number of hydrogen-bond acceptors (Lipinski definition) is 8. The van der Waals surface area contributed by atoms with Gasteiger partial charge in [-0.2, -0.15) is 0 Å². The van der Waals surface area contributed by atoms with E-state index in [1.165, 1.54) is 12.5 Å². The van der Waals surface area contributed by atoms with E-state index in [0.29, 0.717) is 11.8 Å². The number of carbonyl (C=O) groups is 3. The fourth-order valence-corrected chi connectivity index (χ4v) is 9.80. The molecule has 270 valence electrons. The number of esters is 2. The number of hydrogen-bond donors (Lipinski definition) is 3. The molecule has 4 aliphatic carbocycles. The van der Waals surface area contributed by atoms with Crippen LogP contribution in [-0.2, 0) is 23.8 Å². The van der Waals surface area contributed by atoms with Crippen LogP contribution in [-0.4, -0.2) is 64.8 Å². The number of carbonyl (C=O) groups excluding carboxylic acids is 3. The van der Waals surface area contributed by atoms with Crippen LogP contribution in [0.5, 0.6) is 0 Å². The van der Waals surface area contributed by atoms with E-state index < -0.39 is 70.8 Å². The van der Waals surface area contributed by atoms with Gasteiger partial charge in [-0.1, -0.05) is 66.7 Å². The summed E-state index contributed by atoms with van der Waals surface area (Å²) in [6, 6.07) is 0. The van der Waals surface area contributed by atoms with E-state index in [2.05, 4.69) is 52.6 Å². The number of nitrogens with one attached hydrogen (secondary N) is 1. The maximum Gasteiger partial charge on any atom is 0.408 e. The molecule has 0 bridgehead atoms. The lowest BCUT2D eigenvalue weighted by atomic mass is 9.45. The van der Waals surface area contributed by atoms with Gasteiger partial charge < -0.3 is 29.7 Å². The van der Waals surface area contributed by atoms with Crippen LogP contribution in [0.1, 0.15) is 115 Å². The van der Waals surface area contributed by atoms with Crippen molar-refractivity contribution >= 4 is 18.0 Å². The molecular weight excluding hydrogens is 610 g/mol. The van der Waals surface area contributed by atoms with E-state index >= 15 is 0 Å². The summed E-state index contributed by atoms with van der Waals surface area (Å²) in [6.45, 7) is 25.3. The van der Waals surface area contributed by atoms with Gasteiger partial charge >= 0.3 is 18.0 Å². The van der Waals surface area contributed by atoms with E-state index in [9.17, 15) is 24.6 Å². The normalized spacial score (nSPS) is 34.7. The number of alkyl carbamates (subject to hydrolysis) is 1. The summed E-state index contributed by atoms with van der Waals surface area (Å²) in [6.07, 6.45) is 2.44. The highest BCUT2D eigenvalue weighted by molar-refractivity contribution is 5.78. The number of aliphatic hydroxyl groups is 2. The quantitative estimate of drug-likeness (QED) is 0.138. The van der Waals surface area contributed by atoms with Crippen LogP contribution in [0, 0.1) is 39.9 Å². The van der Waals surface area contributed by atoms with Crippen molar-refractivity contribution in [2.24, 2.45) is 39.9 Å². The van der Waals surface area contributed by atoms with Crippen LogP contribution < -0.4 is 5.32 Å². The summed E-state index contributed by atoms with van der Waals surface area (Å²) in [4.78, 5) is 37.9. The van der Waals surface area contributed by atoms with Crippen molar-refractivity contribution in [2.75, 3.05) is 6.54 Å². The first-order valence-electron chi connectivity index (χ1n) is 17.9. The van der Waals surface area contributed by atoms with Gasteiger partial charge in [-0.15, -0.1) is 0 Å². The molecule has 9 nitrogen and oxygen atoms in total. The van der Waals surface area contributed by atoms with E-state index in [1.54, 1.807) is 20.8 Å². The Balaban J connectivity index is 1.68. The van der Waals surface area contributed by atoms with Crippen LogP contribution in [0.25, 0.3) is 0 Å². The lowest BCUT2D eigenvalue weighted by molar-refractivity contribution is -0.193. The first-order chi connectivity index (χ1) is 22.1. The molecule has 1 amide bonds. The Morgan fingerprint density at radius 3 is 2.31 bits per heavy atom. The highest BCUT2D eigenvalue weighted by atomic mass is 16.6. The summed E-state index contributed by atoms with van der Waals surface area (Å²) < 4.78 is 17.3. The maximum atomic E-state index is 13.0. The second-order valence-electron chi connectivity index (χ2n) is 17.3.